The van der Waals surface area contributed by atoms with Crippen molar-refractivity contribution in [1.82, 2.24) is 5.32 Å². The summed E-state index contributed by atoms with van der Waals surface area (Å²) in [6, 6.07) is 3.30. The second kappa shape index (κ2) is 6.36. The lowest BCUT2D eigenvalue weighted by Crippen LogP contribution is -2.37. The Labute approximate surface area is 111 Å². The molecule has 0 aliphatic heterocycles. The number of benzene rings is 1. The molecule has 1 aromatic carbocycles. The van der Waals surface area contributed by atoms with Gasteiger partial charge in [0.25, 0.3) is 0 Å². The highest BCUT2D eigenvalue weighted by Crippen LogP contribution is 2.14. The number of nitrogens with one attached hydrogen (secondary N) is 1. The summed E-state index contributed by atoms with van der Waals surface area (Å²) in [5.74, 6) is -3.54. The number of carbonyl (C=O) groups is 2. The zero-order valence-electron chi connectivity index (χ0n) is 10.4. The molecule has 0 aromatic heterocycles. The Kier molecular flexibility index (Phi) is 5.06. The molecule has 0 heterocycles. The quantitative estimate of drug-likeness (QED) is 0.680. The predicted octanol–water partition coefficient (Wildman–Crippen LogP) is 1.83. The third kappa shape index (κ3) is 4.52. The first-order chi connectivity index (χ1) is 9.24. The number of hydrogen-bond acceptors (Lipinski definition) is 3. The van der Waals surface area contributed by atoms with Gasteiger partial charge in [-0.2, -0.15) is 13.2 Å². The fraction of sp³-hybridized carbons (Fsp3) is 0.333. The molecule has 0 saturated heterocycles. The van der Waals surface area contributed by atoms with Gasteiger partial charge in [0.2, 0.25) is 0 Å². The summed E-state index contributed by atoms with van der Waals surface area (Å²) in [4.78, 5) is 21.8. The number of ether oxygens (including phenoxy) is 1. The molecule has 0 radical (unpaired) electrons. The van der Waals surface area contributed by atoms with E-state index in [-0.39, 0.29) is 24.1 Å². The van der Waals surface area contributed by atoms with Gasteiger partial charge in [0, 0.05) is 6.54 Å². The summed E-state index contributed by atoms with van der Waals surface area (Å²) in [5, 5.41) is 1.65. The van der Waals surface area contributed by atoms with Crippen LogP contribution in [0, 0.1) is 5.82 Å². The SMILES string of the molecule is COC(=O)c1cc(F)cc(CCNC(=O)C(F)(F)F)c1. The van der Waals surface area contributed by atoms with Gasteiger partial charge >= 0.3 is 18.1 Å². The molecule has 0 aliphatic carbocycles. The van der Waals surface area contributed by atoms with E-state index in [2.05, 4.69) is 4.74 Å². The Bertz CT molecular complexity index is 514. The zero-order chi connectivity index (χ0) is 15.3. The van der Waals surface area contributed by atoms with Gasteiger partial charge in [-0.25, -0.2) is 9.18 Å². The monoisotopic (exact) mass is 293 g/mol. The maximum atomic E-state index is 13.2. The standard InChI is InChI=1S/C12H11F4NO3/c1-20-10(18)8-4-7(5-9(13)6-8)2-3-17-11(19)12(14,15)16/h4-6H,2-3H2,1H3,(H,17,19). The van der Waals surface area contributed by atoms with E-state index in [4.69, 9.17) is 0 Å². The van der Waals surface area contributed by atoms with E-state index in [0.29, 0.717) is 0 Å². The minimum Gasteiger partial charge on any atom is -0.465 e. The third-order valence-electron chi connectivity index (χ3n) is 2.34. The Morgan fingerprint density at radius 1 is 1.25 bits per heavy atom. The minimum absolute atomic E-state index is 0.0513. The Morgan fingerprint density at radius 2 is 1.90 bits per heavy atom. The van der Waals surface area contributed by atoms with Crippen LogP contribution < -0.4 is 5.32 Å². The Morgan fingerprint density at radius 3 is 2.45 bits per heavy atom. The summed E-state index contributed by atoms with van der Waals surface area (Å²) in [5.41, 5.74) is 0.220. The lowest BCUT2D eigenvalue weighted by molar-refractivity contribution is -0.173. The van der Waals surface area contributed by atoms with Crippen molar-refractivity contribution < 1.29 is 31.9 Å². The molecule has 20 heavy (non-hydrogen) atoms. The summed E-state index contributed by atoms with van der Waals surface area (Å²) < 4.78 is 53.4. The normalized spacial score (nSPS) is 11.1. The Hall–Kier alpha value is -2.12. The molecule has 0 fully saturated rings. The summed E-state index contributed by atoms with van der Waals surface area (Å²) in [6.07, 6.45) is -5.01. The van der Waals surface area contributed by atoms with E-state index in [9.17, 15) is 27.2 Å². The van der Waals surface area contributed by atoms with E-state index >= 15 is 0 Å². The largest absolute Gasteiger partial charge is 0.471 e. The van der Waals surface area contributed by atoms with Crippen molar-refractivity contribution in [2.24, 2.45) is 0 Å². The van der Waals surface area contributed by atoms with Crippen LogP contribution >= 0.6 is 0 Å². The first-order valence-electron chi connectivity index (χ1n) is 5.47. The maximum absolute atomic E-state index is 13.2. The van der Waals surface area contributed by atoms with Crippen molar-refractivity contribution in [1.29, 1.82) is 0 Å². The number of rotatable bonds is 4. The molecule has 0 saturated carbocycles. The molecule has 0 unspecified atom stereocenters. The average molecular weight is 293 g/mol. The van der Waals surface area contributed by atoms with Gasteiger partial charge in [0.05, 0.1) is 12.7 Å². The third-order valence-corrected chi connectivity index (χ3v) is 2.34. The molecule has 0 atom stereocenters. The van der Waals surface area contributed by atoms with Crippen molar-refractivity contribution in [3.63, 3.8) is 0 Å². The van der Waals surface area contributed by atoms with E-state index in [1.165, 1.54) is 6.07 Å². The topological polar surface area (TPSA) is 55.4 Å². The number of amides is 1. The molecule has 8 heteroatoms. The van der Waals surface area contributed by atoms with E-state index in [0.717, 1.165) is 19.2 Å². The first kappa shape index (κ1) is 15.9. The van der Waals surface area contributed by atoms with Crippen molar-refractivity contribution in [2.75, 3.05) is 13.7 Å². The molecular formula is C12H11F4NO3. The van der Waals surface area contributed by atoms with Crippen LogP contribution in [0.25, 0.3) is 0 Å². The van der Waals surface area contributed by atoms with Gasteiger partial charge in [-0.1, -0.05) is 0 Å². The van der Waals surface area contributed by atoms with Crippen LogP contribution in [-0.4, -0.2) is 31.7 Å². The van der Waals surface area contributed by atoms with Gasteiger partial charge in [-0.3, -0.25) is 4.79 Å². The molecule has 0 spiro atoms. The molecule has 4 nitrogen and oxygen atoms in total. The van der Waals surface area contributed by atoms with Crippen LogP contribution in [0.4, 0.5) is 17.6 Å². The molecule has 1 rings (SSSR count). The predicted molar refractivity (Wildman–Crippen MR) is 60.5 cm³/mol. The highest BCUT2D eigenvalue weighted by molar-refractivity contribution is 5.89. The lowest BCUT2D eigenvalue weighted by Gasteiger charge is -2.08. The molecule has 1 aromatic rings. The number of halogens is 4. The molecule has 0 aliphatic rings. The molecule has 0 bridgehead atoms. The summed E-state index contributed by atoms with van der Waals surface area (Å²) >= 11 is 0. The average Bonchev–Trinajstić information content (AvgIpc) is 2.35. The smallest absolute Gasteiger partial charge is 0.465 e. The van der Waals surface area contributed by atoms with Crippen LogP contribution in [0.15, 0.2) is 18.2 Å². The van der Waals surface area contributed by atoms with Crippen molar-refractivity contribution in [3.8, 4) is 0 Å². The van der Waals surface area contributed by atoms with Gasteiger partial charge in [-0.05, 0) is 30.2 Å². The van der Waals surface area contributed by atoms with E-state index < -0.39 is 23.9 Å². The highest BCUT2D eigenvalue weighted by atomic mass is 19.4. The van der Waals surface area contributed by atoms with Crippen molar-refractivity contribution in [2.45, 2.75) is 12.6 Å². The van der Waals surface area contributed by atoms with Gasteiger partial charge < -0.3 is 10.1 Å². The number of hydrogen-bond donors (Lipinski definition) is 1. The minimum atomic E-state index is -4.96. The first-order valence-corrected chi connectivity index (χ1v) is 5.47. The van der Waals surface area contributed by atoms with Crippen molar-refractivity contribution in [3.05, 3.63) is 35.1 Å². The fourth-order valence-electron chi connectivity index (χ4n) is 1.45. The molecule has 1 N–H and O–H groups in total. The van der Waals surface area contributed by atoms with Crippen LogP contribution in [0.5, 0.6) is 0 Å². The summed E-state index contributed by atoms with van der Waals surface area (Å²) in [7, 11) is 1.12. The van der Waals surface area contributed by atoms with Gasteiger partial charge in [0.15, 0.2) is 0 Å². The number of carbonyl (C=O) groups excluding carboxylic acids is 2. The lowest BCUT2D eigenvalue weighted by atomic mass is 10.1. The van der Waals surface area contributed by atoms with E-state index in [1.54, 1.807) is 5.32 Å². The molecule has 1 amide bonds. The van der Waals surface area contributed by atoms with Gasteiger partial charge in [0.1, 0.15) is 5.82 Å². The second-order valence-corrected chi connectivity index (χ2v) is 3.84. The fourth-order valence-corrected chi connectivity index (χ4v) is 1.45. The zero-order valence-corrected chi connectivity index (χ0v) is 10.4. The Balaban J connectivity index is 2.67. The summed E-state index contributed by atoms with van der Waals surface area (Å²) in [6.45, 7) is -0.331. The van der Waals surface area contributed by atoms with Crippen molar-refractivity contribution >= 4 is 11.9 Å². The van der Waals surface area contributed by atoms with Crippen LogP contribution in [-0.2, 0) is 16.0 Å². The number of esters is 1. The molecule has 110 valence electrons. The number of alkyl halides is 3. The highest BCUT2D eigenvalue weighted by Gasteiger charge is 2.38. The van der Waals surface area contributed by atoms with E-state index in [1.807, 2.05) is 0 Å². The van der Waals surface area contributed by atoms with Gasteiger partial charge in [-0.15, -0.1) is 0 Å². The molecular weight excluding hydrogens is 282 g/mol. The van der Waals surface area contributed by atoms with Crippen LogP contribution in [0.1, 0.15) is 15.9 Å². The van der Waals surface area contributed by atoms with Crippen LogP contribution in [0.3, 0.4) is 0 Å². The van der Waals surface area contributed by atoms with Crippen LogP contribution in [0.2, 0.25) is 0 Å². The maximum Gasteiger partial charge on any atom is 0.471 e. The number of methoxy groups -OCH3 is 1. The second-order valence-electron chi connectivity index (χ2n) is 3.84.